The van der Waals surface area contributed by atoms with Gasteiger partial charge in [0.05, 0.1) is 11.4 Å². The first-order chi connectivity index (χ1) is 11.5. The summed E-state index contributed by atoms with van der Waals surface area (Å²) in [7, 11) is 0. The molecule has 3 aromatic carbocycles. The second-order valence-electron chi connectivity index (χ2n) is 5.76. The molecule has 1 N–H and O–H groups in total. The van der Waals surface area contributed by atoms with Crippen LogP contribution in [0.4, 0.5) is 5.69 Å². The van der Waals surface area contributed by atoms with Crippen molar-refractivity contribution in [1.29, 1.82) is 0 Å². The van der Waals surface area contributed by atoms with Crippen molar-refractivity contribution in [3.8, 4) is 0 Å². The first-order valence-electron chi connectivity index (χ1n) is 7.71. The molecule has 0 unspecified atom stereocenters. The van der Waals surface area contributed by atoms with Crippen LogP contribution in [0.15, 0.2) is 64.0 Å². The zero-order chi connectivity index (χ0) is 17.1. The van der Waals surface area contributed by atoms with Gasteiger partial charge < -0.3 is 5.32 Å². The van der Waals surface area contributed by atoms with Crippen LogP contribution in [0, 0.1) is 13.8 Å². The molecule has 0 spiro atoms. The highest BCUT2D eigenvalue weighted by atomic mass is 79.9. The predicted octanol–water partition coefficient (Wildman–Crippen LogP) is 5.95. The van der Waals surface area contributed by atoms with E-state index in [1.807, 2.05) is 31.2 Å². The summed E-state index contributed by atoms with van der Waals surface area (Å²) in [5.41, 5.74) is 3.18. The lowest BCUT2D eigenvalue weighted by Gasteiger charge is -2.10. The third kappa shape index (κ3) is 4.00. The molecule has 0 saturated carbocycles. The number of hydrogen-bond donors (Lipinski definition) is 1. The third-order valence-corrected chi connectivity index (χ3v) is 5.60. The Balaban J connectivity index is 1.65. The number of rotatable bonds is 4. The highest BCUT2D eigenvalue weighted by molar-refractivity contribution is 9.10. The van der Waals surface area contributed by atoms with Crippen molar-refractivity contribution in [2.75, 3.05) is 11.1 Å². The van der Waals surface area contributed by atoms with Gasteiger partial charge in [-0.05, 0) is 75.9 Å². The molecule has 3 aromatic rings. The monoisotopic (exact) mass is 399 g/mol. The summed E-state index contributed by atoms with van der Waals surface area (Å²) in [5, 5.41) is 5.39. The Bertz CT molecular complexity index is 907. The molecule has 0 fully saturated rings. The fourth-order valence-electron chi connectivity index (χ4n) is 2.47. The minimum atomic E-state index is -0.00267. The molecular weight excluding hydrogens is 382 g/mol. The highest BCUT2D eigenvalue weighted by Gasteiger charge is 2.08. The topological polar surface area (TPSA) is 29.1 Å². The quantitative estimate of drug-likeness (QED) is 0.549. The van der Waals surface area contributed by atoms with Crippen molar-refractivity contribution < 1.29 is 4.79 Å². The number of aryl methyl sites for hydroxylation is 2. The molecular formula is C20H18BrNOS. The van der Waals surface area contributed by atoms with Gasteiger partial charge in [0.1, 0.15) is 0 Å². The number of nitrogens with one attached hydrogen (secondary N) is 1. The number of fused-ring (bicyclic) bond motifs is 1. The summed E-state index contributed by atoms with van der Waals surface area (Å²) in [6, 6.07) is 18.5. The van der Waals surface area contributed by atoms with Crippen molar-refractivity contribution in [3.05, 3.63) is 70.2 Å². The van der Waals surface area contributed by atoms with Gasteiger partial charge in [-0.1, -0.05) is 30.3 Å². The van der Waals surface area contributed by atoms with Crippen LogP contribution in [0.25, 0.3) is 10.8 Å². The van der Waals surface area contributed by atoms with E-state index >= 15 is 0 Å². The maximum Gasteiger partial charge on any atom is 0.234 e. The average molecular weight is 400 g/mol. The Morgan fingerprint density at radius 1 is 1.00 bits per heavy atom. The molecule has 0 radical (unpaired) electrons. The lowest BCUT2D eigenvalue weighted by molar-refractivity contribution is -0.113. The minimum Gasteiger partial charge on any atom is -0.324 e. The van der Waals surface area contributed by atoms with Gasteiger partial charge in [-0.2, -0.15) is 0 Å². The van der Waals surface area contributed by atoms with Crippen molar-refractivity contribution >= 4 is 50.1 Å². The fraction of sp³-hybridized carbons (Fsp3) is 0.150. The second-order valence-corrected chi connectivity index (χ2v) is 7.67. The lowest BCUT2D eigenvalue weighted by Crippen LogP contribution is -2.14. The molecule has 0 aliphatic rings. The highest BCUT2D eigenvalue weighted by Crippen LogP contribution is 2.27. The Kier molecular flexibility index (Phi) is 5.27. The molecule has 122 valence electrons. The number of halogens is 1. The zero-order valence-corrected chi connectivity index (χ0v) is 16.0. The number of anilines is 1. The summed E-state index contributed by atoms with van der Waals surface area (Å²) in [5.74, 6) is 0.384. The van der Waals surface area contributed by atoms with E-state index in [0.29, 0.717) is 5.75 Å². The van der Waals surface area contributed by atoms with Crippen LogP contribution in [0.1, 0.15) is 11.1 Å². The fourth-order valence-corrected chi connectivity index (χ4v) is 3.77. The van der Waals surface area contributed by atoms with Gasteiger partial charge in [0, 0.05) is 9.37 Å². The molecule has 1 amide bonds. The second kappa shape index (κ2) is 7.41. The molecule has 3 rings (SSSR count). The largest absolute Gasteiger partial charge is 0.324 e. The van der Waals surface area contributed by atoms with Crippen molar-refractivity contribution in [2.24, 2.45) is 0 Å². The van der Waals surface area contributed by atoms with Crippen LogP contribution in [0.2, 0.25) is 0 Å². The van der Waals surface area contributed by atoms with E-state index in [1.54, 1.807) is 11.8 Å². The minimum absolute atomic E-state index is 0.00267. The summed E-state index contributed by atoms with van der Waals surface area (Å²) >= 11 is 5.06. The molecule has 4 heteroatoms. The lowest BCUT2D eigenvalue weighted by atomic mass is 10.1. The van der Waals surface area contributed by atoms with E-state index in [2.05, 4.69) is 58.5 Å². The number of benzene rings is 3. The number of amides is 1. The van der Waals surface area contributed by atoms with Gasteiger partial charge in [0.25, 0.3) is 0 Å². The van der Waals surface area contributed by atoms with Gasteiger partial charge in [0.15, 0.2) is 0 Å². The molecule has 0 aliphatic heterocycles. The Labute approximate surface area is 154 Å². The van der Waals surface area contributed by atoms with E-state index in [4.69, 9.17) is 0 Å². The Hall–Kier alpha value is -1.78. The summed E-state index contributed by atoms with van der Waals surface area (Å²) in [4.78, 5) is 13.3. The van der Waals surface area contributed by atoms with E-state index in [-0.39, 0.29) is 5.91 Å². The first-order valence-corrected chi connectivity index (χ1v) is 9.49. The van der Waals surface area contributed by atoms with Gasteiger partial charge in [-0.3, -0.25) is 4.79 Å². The smallest absolute Gasteiger partial charge is 0.234 e. The Morgan fingerprint density at radius 3 is 2.50 bits per heavy atom. The zero-order valence-electron chi connectivity index (χ0n) is 13.6. The molecule has 2 nitrogen and oxygen atoms in total. The van der Waals surface area contributed by atoms with Crippen LogP contribution < -0.4 is 5.32 Å². The van der Waals surface area contributed by atoms with Crippen LogP contribution in [-0.2, 0) is 4.79 Å². The number of thioether (sulfide) groups is 1. The van der Waals surface area contributed by atoms with Crippen LogP contribution in [0.5, 0.6) is 0 Å². The molecule has 0 bridgehead atoms. The average Bonchev–Trinajstić information content (AvgIpc) is 2.57. The summed E-state index contributed by atoms with van der Waals surface area (Å²) in [6.07, 6.45) is 0. The Morgan fingerprint density at radius 2 is 1.71 bits per heavy atom. The van der Waals surface area contributed by atoms with Crippen LogP contribution in [0.3, 0.4) is 0 Å². The molecule has 0 heterocycles. The van der Waals surface area contributed by atoms with Crippen molar-refractivity contribution in [2.45, 2.75) is 18.7 Å². The normalized spacial score (nSPS) is 10.8. The van der Waals surface area contributed by atoms with Gasteiger partial charge in [-0.15, -0.1) is 11.8 Å². The van der Waals surface area contributed by atoms with E-state index in [0.717, 1.165) is 20.6 Å². The SMILES string of the molecule is Cc1cc(Br)c(NC(=O)CSc2ccc3ccccc3c2)cc1C. The third-order valence-electron chi connectivity index (χ3n) is 3.95. The van der Waals surface area contributed by atoms with Gasteiger partial charge >= 0.3 is 0 Å². The van der Waals surface area contributed by atoms with Crippen LogP contribution in [-0.4, -0.2) is 11.7 Å². The van der Waals surface area contributed by atoms with E-state index in [1.165, 1.54) is 16.3 Å². The molecule has 0 atom stereocenters. The molecule has 0 aromatic heterocycles. The van der Waals surface area contributed by atoms with Crippen molar-refractivity contribution in [1.82, 2.24) is 0 Å². The number of carbonyl (C=O) groups is 1. The standard InChI is InChI=1S/C20H18BrNOS/c1-13-9-18(21)19(10-14(13)2)22-20(23)12-24-17-8-7-15-5-3-4-6-16(15)11-17/h3-11H,12H2,1-2H3,(H,22,23). The number of hydrogen-bond acceptors (Lipinski definition) is 2. The maximum absolute atomic E-state index is 12.2. The van der Waals surface area contributed by atoms with E-state index in [9.17, 15) is 4.79 Å². The van der Waals surface area contributed by atoms with Crippen LogP contribution >= 0.6 is 27.7 Å². The summed E-state index contributed by atoms with van der Waals surface area (Å²) < 4.78 is 0.912. The molecule has 0 saturated heterocycles. The first kappa shape index (κ1) is 17.1. The molecule has 0 aliphatic carbocycles. The van der Waals surface area contributed by atoms with Crippen molar-refractivity contribution in [3.63, 3.8) is 0 Å². The maximum atomic E-state index is 12.2. The van der Waals surface area contributed by atoms with E-state index < -0.39 is 0 Å². The van der Waals surface area contributed by atoms with Gasteiger partial charge in [-0.25, -0.2) is 0 Å². The summed E-state index contributed by atoms with van der Waals surface area (Å²) in [6.45, 7) is 4.10. The molecule has 24 heavy (non-hydrogen) atoms. The number of carbonyl (C=O) groups excluding carboxylic acids is 1. The predicted molar refractivity (Wildman–Crippen MR) is 107 cm³/mol. The van der Waals surface area contributed by atoms with Gasteiger partial charge in [0.2, 0.25) is 5.91 Å².